The number of hydrogen-bond acceptors (Lipinski definition) is 4. The highest BCUT2D eigenvalue weighted by molar-refractivity contribution is 7.89. The van der Waals surface area contributed by atoms with Gasteiger partial charge in [0.2, 0.25) is 15.9 Å². The zero-order valence-corrected chi connectivity index (χ0v) is 11.2. The topological polar surface area (TPSA) is 104 Å². The van der Waals surface area contributed by atoms with Crippen LogP contribution in [-0.2, 0) is 19.6 Å². The van der Waals surface area contributed by atoms with E-state index >= 15 is 0 Å². The summed E-state index contributed by atoms with van der Waals surface area (Å²) in [6, 6.07) is -0.997. The summed E-state index contributed by atoms with van der Waals surface area (Å²) >= 11 is 0. The second-order valence-electron chi connectivity index (χ2n) is 4.63. The molecule has 1 atom stereocenters. The summed E-state index contributed by atoms with van der Waals surface area (Å²) in [6.07, 6.45) is 0.502. The Bertz CT molecular complexity index is 432. The molecule has 0 aromatic heterocycles. The van der Waals surface area contributed by atoms with E-state index in [9.17, 15) is 18.0 Å². The van der Waals surface area contributed by atoms with Crippen LogP contribution >= 0.6 is 0 Å². The number of sulfonamides is 1. The Labute approximate surface area is 106 Å². The third-order valence-electron chi connectivity index (χ3n) is 2.77. The summed E-state index contributed by atoms with van der Waals surface area (Å²) in [7, 11) is -3.33. The minimum Gasteiger partial charge on any atom is -0.480 e. The standard InChI is InChI=1S/C10H18N2O5S/c1-7(2)9(10(14)15)11-8(13)6-12-4-3-5-18(12,16)17/h7,9H,3-6H2,1-2H3,(H,11,13)(H,14,15)/t9-/m1/s1. The van der Waals surface area contributed by atoms with Gasteiger partial charge in [0.1, 0.15) is 6.04 Å². The fourth-order valence-electron chi connectivity index (χ4n) is 1.76. The summed E-state index contributed by atoms with van der Waals surface area (Å²) in [5, 5.41) is 11.2. The first kappa shape index (κ1) is 14.9. The van der Waals surface area contributed by atoms with Gasteiger partial charge in [0.15, 0.2) is 0 Å². The minimum absolute atomic E-state index is 0.0484. The average molecular weight is 278 g/mol. The molecular weight excluding hydrogens is 260 g/mol. The number of carbonyl (C=O) groups is 2. The van der Waals surface area contributed by atoms with Crippen LogP contribution in [0.15, 0.2) is 0 Å². The van der Waals surface area contributed by atoms with E-state index in [0.717, 1.165) is 4.31 Å². The summed E-state index contributed by atoms with van der Waals surface area (Å²) in [6.45, 7) is 3.35. The Hall–Kier alpha value is -1.15. The zero-order chi connectivity index (χ0) is 13.9. The summed E-state index contributed by atoms with van der Waals surface area (Å²) in [5.41, 5.74) is 0. The fourth-order valence-corrected chi connectivity index (χ4v) is 3.24. The van der Waals surface area contributed by atoms with E-state index in [1.807, 2.05) is 0 Å². The number of carboxylic acid groups (broad SMARTS) is 1. The number of aliphatic carboxylic acids is 1. The fraction of sp³-hybridized carbons (Fsp3) is 0.800. The van der Waals surface area contributed by atoms with Gasteiger partial charge in [-0.05, 0) is 12.3 Å². The smallest absolute Gasteiger partial charge is 0.326 e. The van der Waals surface area contributed by atoms with Crippen molar-refractivity contribution in [1.82, 2.24) is 9.62 Å². The number of amides is 1. The van der Waals surface area contributed by atoms with Gasteiger partial charge >= 0.3 is 5.97 Å². The van der Waals surface area contributed by atoms with Gasteiger partial charge in [-0.2, -0.15) is 4.31 Å². The van der Waals surface area contributed by atoms with Crippen molar-refractivity contribution < 1.29 is 23.1 Å². The molecule has 0 aliphatic carbocycles. The van der Waals surface area contributed by atoms with Crippen LogP contribution in [0.2, 0.25) is 0 Å². The molecule has 104 valence electrons. The lowest BCUT2D eigenvalue weighted by atomic mass is 10.1. The molecule has 1 aliphatic rings. The SMILES string of the molecule is CC(C)[C@@H](NC(=O)CN1CCCS1(=O)=O)C(=O)O. The Morgan fingerprint density at radius 3 is 2.39 bits per heavy atom. The van der Waals surface area contributed by atoms with Gasteiger partial charge in [0, 0.05) is 6.54 Å². The lowest BCUT2D eigenvalue weighted by molar-refractivity contribution is -0.143. The molecule has 2 N–H and O–H groups in total. The molecule has 1 rings (SSSR count). The predicted molar refractivity (Wildman–Crippen MR) is 64.4 cm³/mol. The lowest BCUT2D eigenvalue weighted by Gasteiger charge is -2.20. The molecular formula is C10H18N2O5S. The molecule has 0 saturated carbocycles. The Balaban J connectivity index is 2.59. The molecule has 0 spiro atoms. The van der Waals surface area contributed by atoms with Crippen LogP contribution in [0, 0.1) is 5.92 Å². The maximum Gasteiger partial charge on any atom is 0.326 e. The molecule has 0 radical (unpaired) electrons. The largest absolute Gasteiger partial charge is 0.480 e. The molecule has 0 aromatic carbocycles. The van der Waals surface area contributed by atoms with Crippen LogP contribution in [0.5, 0.6) is 0 Å². The second kappa shape index (κ2) is 5.66. The Morgan fingerprint density at radius 1 is 1.39 bits per heavy atom. The first-order valence-corrected chi connectivity index (χ1v) is 7.35. The molecule has 0 unspecified atom stereocenters. The summed E-state index contributed by atoms with van der Waals surface area (Å²) in [4.78, 5) is 22.5. The normalized spacial score (nSPS) is 20.8. The van der Waals surface area contributed by atoms with Crippen LogP contribution < -0.4 is 5.32 Å². The van der Waals surface area contributed by atoms with Crippen LogP contribution in [-0.4, -0.2) is 54.6 Å². The molecule has 1 saturated heterocycles. The first-order chi connectivity index (χ1) is 8.24. The van der Waals surface area contributed by atoms with Crippen molar-refractivity contribution in [2.24, 2.45) is 5.92 Å². The molecule has 1 fully saturated rings. The third kappa shape index (κ3) is 3.67. The van der Waals surface area contributed by atoms with Crippen LogP contribution in [0.4, 0.5) is 0 Å². The molecule has 18 heavy (non-hydrogen) atoms. The van der Waals surface area contributed by atoms with E-state index in [1.165, 1.54) is 0 Å². The molecule has 1 amide bonds. The molecule has 0 aromatic rings. The van der Waals surface area contributed by atoms with Crippen LogP contribution in [0.1, 0.15) is 20.3 Å². The maximum absolute atomic E-state index is 11.6. The molecule has 0 bridgehead atoms. The zero-order valence-electron chi connectivity index (χ0n) is 10.4. The highest BCUT2D eigenvalue weighted by Gasteiger charge is 2.31. The van der Waals surface area contributed by atoms with Gasteiger partial charge < -0.3 is 10.4 Å². The second-order valence-corrected chi connectivity index (χ2v) is 6.72. The van der Waals surface area contributed by atoms with Crippen molar-refractivity contribution in [3.63, 3.8) is 0 Å². The molecule has 1 heterocycles. The number of rotatable bonds is 5. The average Bonchev–Trinajstić information content (AvgIpc) is 2.54. The molecule has 7 nitrogen and oxygen atoms in total. The molecule has 1 aliphatic heterocycles. The van der Waals surface area contributed by atoms with Gasteiger partial charge in [-0.1, -0.05) is 13.8 Å². The van der Waals surface area contributed by atoms with E-state index in [0.29, 0.717) is 13.0 Å². The Morgan fingerprint density at radius 2 is 2.00 bits per heavy atom. The van der Waals surface area contributed by atoms with Gasteiger partial charge in [0.25, 0.3) is 0 Å². The van der Waals surface area contributed by atoms with E-state index in [2.05, 4.69) is 5.32 Å². The van der Waals surface area contributed by atoms with Gasteiger partial charge in [-0.25, -0.2) is 13.2 Å². The van der Waals surface area contributed by atoms with Crippen molar-refractivity contribution in [3.05, 3.63) is 0 Å². The maximum atomic E-state index is 11.6. The third-order valence-corrected chi connectivity index (χ3v) is 4.68. The van der Waals surface area contributed by atoms with E-state index < -0.39 is 27.9 Å². The Kier molecular flexibility index (Phi) is 4.69. The monoisotopic (exact) mass is 278 g/mol. The number of carbonyl (C=O) groups excluding carboxylic acids is 1. The van der Waals surface area contributed by atoms with Gasteiger partial charge in [0.05, 0.1) is 12.3 Å². The number of hydrogen-bond donors (Lipinski definition) is 2. The van der Waals surface area contributed by atoms with Crippen molar-refractivity contribution in [1.29, 1.82) is 0 Å². The summed E-state index contributed by atoms with van der Waals surface area (Å²) < 4.78 is 24.0. The number of nitrogens with one attached hydrogen (secondary N) is 1. The van der Waals surface area contributed by atoms with Crippen molar-refractivity contribution in [2.75, 3.05) is 18.8 Å². The summed E-state index contributed by atoms with van der Waals surface area (Å²) in [5.74, 6) is -1.92. The van der Waals surface area contributed by atoms with Crippen LogP contribution in [0.3, 0.4) is 0 Å². The number of nitrogens with zero attached hydrogens (tertiary/aromatic N) is 1. The lowest BCUT2D eigenvalue weighted by Crippen LogP contribution is -2.48. The van der Waals surface area contributed by atoms with Gasteiger partial charge in [-0.3, -0.25) is 4.79 Å². The van der Waals surface area contributed by atoms with Crippen LogP contribution in [0.25, 0.3) is 0 Å². The highest BCUT2D eigenvalue weighted by atomic mass is 32.2. The number of carboxylic acids is 1. The van der Waals surface area contributed by atoms with Gasteiger partial charge in [-0.15, -0.1) is 0 Å². The van der Waals surface area contributed by atoms with Crippen molar-refractivity contribution >= 4 is 21.9 Å². The van der Waals surface area contributed by atoms with Crippen molar-refractivity contribution in [3.8, 4) is 0 Å². The van der Waals surface area contributed by atoms with E-state index in [1.54, 1.807) is 13.8 Å². The predicted octanol–water partition coefficient (Wildman–Crippen LogP) is -0.753. The molecule has 8 heteroatoms. The van der Waals surface area contributed by atoms with E-state index in [-0.39, 0.29) is 18.2 Å². The van der Waals surface area contributed by atoms with E-state index in [4.69, 9.17) is 5.11 Å². The minimum atomic E-state index is -3.33. The quantitative estimate of drug-likeness (QED) is 0.688. The highest BCUT2D eigenvalue weighted by Crippen LogP contribution is 2.12. The van der Waals surface area contributed by atoms with Crippen molar-refractivity contribution in [2.45, 2.75) is 26.3 Å². The first-order valence-electron chi connectivity index (χ1n) is 5.74.